The van der Waals surface area contributed by atoms with Gasteiger partial charge in [0.1, 0.15) is 0 Å². The van der Waals surface area contributed by atoms with E-state index in [1.54, 1.807) is 6.26 Å². The van der Waals surface area contributed by atoms with E-state index < -0.39 is 0 Å². The lowest BCUT2D eigenvalue weighted by Crippen LogP contribution is -2.44. The van der Waals surface area contributed by atoms with Gasteiger partial charge in [0.15, 0.2) is 5.76 Å². The molecule has 0 bridgehead atoms. The van der Waals surface area contributed by atoms with Crippen molar-refractivity contribution in [2.45, 2.75) is 12.5 Å². The molecule has 0 unspecified atom stereocenters. The normalized spacial score (nSPS) is 16.0. The standard InChI is InChI=1S/C16H15N3O2/c1-2-5-12(6-3-1)9-19-10-13(11-19)16-17-15(18-21-16)14-7-4-8-20-14/h1-8,13H,9-11H2. The van der Waals surface area contributed by atoms with E-state index in [1.807, 2.05) is 18.2 Å². The summed E-state index contributed by atoms with van der Waals surface area (Å²) in [6.07, 6.45) is 1.61. The summed E-state index contributed by atoms with van der Waals surface area (Å²) >= 11 is 0. The summed E-state index contributed by atoms with van der Waals surface area (Å²) in [5, 5.41) is 3.97. The van der Waals surface area contributed by atoms with E-state index in [0.717, 1.165) is 19.6 Å². The molecule has 2 aromatic heterocycles. The molecule has 0 aliphatic carbocycles. The maximum Gasteiger partial charge on any atom is 0.238 e. The molecule has 5 nitrogen and oxygen atoms in total. The molecule has 1 saturated heterocycles. The van der Waals surface area contributed by atoms with Crippen LogP contribution in [-0.2, 0) is 6.54 Å². The van der Waals surface area contributed by atoms with Crippen molar-refractivity contribution in [1.82, 2.24) is 15.0 Å². The number of hydrogen-bond donors (Lipinski definition) is 0. The number of aromatic nitrogens is 2. The van der Waals surface area contributed by atoms with Gasteiger partial charge in [-0.05, 0) is 17.7 Å². The van der Waals surface area contributed by atoms with Crippen molar-refractivity contribution in [3.63, 3.8) is 0 Å². The maximum atomic E-state index is 5.34. The molecular weight excluding hydrogens is 266 g/mol. The van der Waals surface area contributed by atoms with Crippen LogP contribution in [0.15, 0.2) is 57.7 Å². The first kappa shape index (κ1) is 12.3. The molecule has 3 aromatic rings. The molecule has 106 valence electrons. The minimum Gasteiger partial charge on any atom is -0.461 e. The highest BCUT2D eigenvalue weighted by Crippen LogP contribution is 2.28. The van der Waals surface area contributed by atoms with Crippen LogP contribution in [0.25, 0.3) is 11.6 Å². The third kappa shape index (κ3) is 2.48. The Kier molecular flexibility index (Phi) is 3.05. The minimum absolute atomic E-state index is 0.324. The molecule has 5 heteroatoms. The topological polar surface area (TPSA) is 55.3 Å². The fraction of sp³-hybridized carbons (Fsp3) is 0.250. The summed E-state index contributed by atoms with van der Waals surface area (Å²) in [6, 6.07) is 14.1. The second kappa shape index (κ2) is 5.18. The van der Waals surface area contributed by atoms with Crippen LogP contribution in [-0.4, -0.2) is 28.1 Å². The molecule has 0 N–H and O–H groups in total. The molecule has 0 radical (unpaired) electrons. The number of likely N-dealkylation sites (tertiary alicyclic amines) is 1. The van der Waals surface area contributed by atoms with Crippen LogP contribution in [0.2, 0.25) is 0 Å². The number of rotatable bonds is 4. The molecule has 4 rings (SSSR count). The fourth-order valence-corrected chi connectivity index (χ4v) is 2.60. The van der Waals surface area contributed by atoms with Gasteiger partial charge in [-0.3, -0.25) is 4.90 Å². The van der Waals surface area contributed by atoms with E-state index >= 15 is 0 Å². The molecule has 3 heterocycles. The summed E-state index contributed by atoms with van der Waals surface area (Å²) in [5.74, 6) is 2.19. The van der Waals surface area contributed by atoms with Crippen LogP contribution >= 0.6 is 0 Å². The van der Waals surface area contributed by atoms with Gasteiger partial charge >= 0.3 is 0 Å². The van der Waals surface area contributed by atoms with Crippen LogP contribution < -0.4 is 0 Å². The summed E-state index contributed by atoms with van der Waals surface area (Å²) < 4.78 is 10.6. The summed E-state index contributed by atoms with van der Waals surface area (Å²) in [5.41, 5.74) is 1.33. The SMILES string of the molecule is c1ccc(CN2CC(c3nc(-c4ccco4)no3)C2)cc1. The van der Waals surface area contributed by atoms with Gasteiger partial charge in [0.25, 0.3) is 0 Å². The van der Waals surface area contributed by atoms with Gasteiger partial charge in [-0.1, -0.05) is 35.5 Å². The molecule has 0 spiro atoms. The Labute approximate surface area is 122 Å². The van der Waals surface area contributed by atoms with Crippen molar-refractivity contribution < 1.29 is 8.94 Å². The Bertz CT molecular complexity index is 700. The molecule has 1 aliphatic rings. The number of nitrogens with zero attached hydrogens (tertiary/aromatic N) is 3. The second-order valence-corrected chi connectivity index (χ2v) is 5.31. The lowest BCUT2D eigenvalue weighted by Gasteiger charge is -2.37. The summed E-state index contributed by atoms with van der Waals surface area (Å²) in [6.45, 7) is 2.87. The summed E-state index contributed by atoms with van der Waals surface area (Å²) in [4.78, 5) is 6.79. The van der Waals surface area contributed by atoms with E-state index in [4.69, 9.17) is 8.94 Å². The van der Waals surface area contributed by atoms with E-state index in [9.17, 15) is 0 Å². The number of benzene rings is 1. The molecular formula is C16H15N3O2. The molecule has 1 aromatic carbocycles. The van der Waals surface area contributed by atoms with E-state index in [-0.39, 0.29) is 0 Å². The molecule has 1 aliphatic heterocycles. The van der Waals surface area contributed by atoms with Crippen LogP contribution in [0.3, 0.4) is 0 Å². The molecule has 0 saturated carbocycles. The second-order valence-electron chi connectivity index (χ2n) is 5.31. The smallest absolute Gasteiger partial charge is 0.238 e. The van der Waals surface area contributed by atoms with Crippen molar-refractivity contribution in [3.8, 4) is 11.6 Å². The lowest BCUT2D eigenvalue weighted by molar-refractivity contribution is 0.117. The first-order chi connectivity index (χ1) is 10.4. The third-order valence-corrected chi connectivity index (χ3v) is 3.74. The first-order valence-electron chi connectivity index (χ1n) is 7.02. The Morgan fingerprint density at radius 2 is 1.95 bits per heavy atom. The van der Waals surface area contributed by atoms with Crippen molar-refractivity contribution in [3.05, 3.63) is 60.2 Å². The minimum atomic E-state index is 0.324. The number of hydrogen-bond acceptors (Lipinski definition) is 5. The number of furan rings is 1. The highest BCUT2D eigenvalue weighted by molar-refractivity contribution is 5.44. The van der Waals surface area contributed by atoms with Gasteiger partial charge in [0.05, 0.1) is 12.2 Å². The van der Waals surface area contributed by atoms with Gasteiger partial charge in [-0.25, -0.2) is 0 Å². The zero-order valence-electron chi connectivity index (χ0n) is 11.5. The van der Waals surface area contributed by atoms with Gasteiger partial charge in [-0.15, -0.1) is 0 Å². The third-order valence-electron chi connectivity index (χ3n) is 3.74. The predicted molar refractivity (Wildman–Crippen MR) is 76.5 cm³/mol. The van der Waals surface area contributed by atoms with E-state index in [2.05, 4.69) is 39.3 Å². The van der Waals surface area contributed by atoms with Crippen LogP contribution in [0.4, 0.5) is 0 Å². The Balaban J connectivity index is 1.38. The Morgan fingerprint density at radius 1 is 1.10 bits per heavy atom. The average Bonchev–Trinajstić information content (AvgIpc) is 3.14. The zero-order valence-corrected chi connectivity index (χ0v) is 11.5. The van der Waals surface area contributed by atoms with Crippen LogP contribution in [0, 0.1) is 0 Å². The molecule has 1 fully saturated rings. The maximum absolute atomic E-state index is 5.34. The Hall–Kier alpha value is -2.40. The fourth-order valence-electron chi connectivity index (χ4n) is 2.60. The van der Waals surface area contributed by atoms with Crippen molar-refractivity contribution in [2.24, 2.45) is 0 Å². The van der Waals surface area contributed by atoms with E-state index in [0.29, 0.717) is 23.4 Å². The first-order valence-corrected chi connectivity index (χ1v) is 7.02. The molecule has 0 atom stereocenters. The van der Waals surface area contributed by atoms with E-state index in [1.165, 1.54) is 5.56 Å². The van der Waals surface area contributed by atoms with Gasteiger partial charge < -0.3 is 8.94 Å². The largest absolute Gasteiger partial charge is 0.461 e. The Morgan fingerprint density at radius 3 is 2.71 bits per heavy atom. The highest BCUT2D eigenvalue weighted by Gasteiger charge is 2.32. The monoisotopic (exact) mass is 281 g/mol. The average molecular weight is 281 g/mol. The zero-order chi connectivity index (χ0) is 14.1. The predicted octanol–water partition coefficient (Wildman–Crippen LogP) is 2.93. The van der Waals surface area contributed by atoms with Gasteiger partial charge in [0.2, 0.25) is 11.7 Å². The van der Waals surface area contributed by atoms with Gasteiger partial charge in [-0.2, -0.15) is 4.98 Å². The van der Waals surface area contributed by atoms with Crippen LogP contribution in [0.1, 0.15) is 17.4 Å². The lowest BCUT2D eigenvalue weighted by atomic mass is 9.99. The highest BCUT2D eigenvalue weighted by atomic mass is 16.5. The van der Waals surface area contributed by atoms with Gasteiger partial charge in [0, 0.05) is 19.6 Å². The molecule has 21 heavy (non-hydrogen) atoms. The quantitative estimate of drug-likeness (QED) is 0.736. The van der Waals surface area contributed by atoms with Crippen molar-refractivity contribution in [2.75, 3.05) is 13.1 Å². The van der Waals surface area contributed by atoms with Crippen molar-refractivity contribution >= 4 is 0 Å². The molecule has 0 amide bonds. The van der Waals surface area contributed by atoms with Crippen molar-refractivity contribution in [1.29, 1.82) is 0 Å². The summed E-state index contributed by atoms with van der Waals surface area (Å²) in [7, 11) is 0. The van der Waals surface area contributed by atoms with Crippen LogP contribution in [0.5, 0.6) is 0 Å².